The lowest BCUT2D eigenvalue weighted by molar-refractivity contribution is -0.121. The molecule has 0 bridgehead atoms. The molecule has 23 heavy (non-hydrogen) atoms. The molecule has 2 amide bonds. The summed E-state index contributed by atoms with van der Waals surface area (Å²) in [4.78, 5) is 27.8. The van der Waals surface area contributed by atoms with Crippen LogP contribution < -0.4 is 10.6 Å². The second-order valence-corrected chi connectivity index (χ2v) is 6.00. The number of para-hydroxylation sites is 1. The van der Waals surface area contributed by atoms with Crippen molar-refractivity contribution in [3.63, 3.8) is 0 Å². The van der Waals surface area contributed by atoms with Crippen LogP contribution in [0.2, 0.25) is 0 Å². The number of anilines is 1. The van der Waals surface area contributed by atoms with E-state index in [1.165, 1.54) is 0 Å². The van der Waals surface area contributed by atoms with E-state index in [-0.39, 0.29) is 18.2 Å². The monoisotopic (exact) mass is 313 g/mol. The summed E-state index contributed by atoms with van der Waals surface area (Å²) in [7, 11) is 0. The predicted molar refractivity (Wildman–Crippen MR) is 92.1 cm³/mol. The van der Waals surface area contributed by atoms with Crippen LogP contribution in [0.4, 0.5) is 5.69 Å². The van der Waals surface area contributed by atoms with E-state index < -0.39 is 0 Å². The Hall–Kier alpha value is -2.43. The maximum atomic E-state index is 11.9. The number of hydrogen-bond acceptors (Lipinski definition) is 3. The molecule has 1 aromatic carbocycles. The molecule has 2 N–H and O–H groups in total. The number of pyridine rings is 1. The molecule has 122 valence electrons. The third-order valence-electron chi connectivity index (χ3n) is 3.50. The van der Waals surface area contributed by atoms with E-state index in [0.717, 1.165) is 17.3 Å². The third kappa shape index (κ3) is 5.70. The quantitative estimate of drug-likeness (QED) is 0.825. The highest BCUT2D eigenvalue weighted by molar-refractivity contribution is 5.93. The zero-order chi connectivity index (χ0) is 16.7. The fourth-order valence-electron chi connectivity index (χ4n) is 2.19. The molecule has 1 heterocycles. The van der Waals surface area contributed by atoms with Crippen molar-refractivity contribution in [2.75, 3.05) is 11.9 Å². The van der Waals surface area contributed by atoms with E-state index >= 15 is 0 Å². The molecule has 0 saturated heterocycles. The smallest absolute Gasteiger partial charge is 0.226 e. The van der Waals surface area contributed by atoms with Gasteiger partial charge < -0.3 is 10.6 Å². The lowest BCUT2D eigenvalue weighted by Crippen LogP contribution is -2.27. The van der Waals surface area contributed by atoms with Gasteiger partial charge in [-0.2, -0.15) is 0 Å². The summed E-state index contributed by atoms with van der Waals surface area (Å²) in [5, 5.41) is 6.55. The summed E-state index contributed by atoms with van der Waals surface area (Å²) < 4.78 is 0. The maximum Gasteiger partial charge on any atom is 0.226 e. The highest BCUT2D eigenvalue weighted by Gasteiger charge is 2.06. The van der Waals surface area contributed by atoms with Crippen LogP contribution in [-0.4, -0.2) is 23.3 Å². The molecule has 0 fully saturated rings. The minimum Gasteiger partial charge on any atom is -0.356 e. The molecule has 0 spiro atoms. The van der Waals surface area contributed by atoms with Gasteiger partial charge in [-0.1, -0.05) is 32.0 Å². The van der Waals surface area contributed by atoms with Crippen molar-refractivity contribution < 1.29 is 9.59 Å². The standard InChI is InChI=1S/C18H23N3O2/c1-13(2)7-8-17(22)19-10-9-18(23)21-15-11-14-5-3-4-6-16(14)20-12-15/h3-6,11-13H,7-10H2,1-2H3,(H,19,22)(H,21,23). The van der Waals surface area contributed by atoms with Gasteiger partial charge >= 0.3 is 0 Å². The number of nitrogens with zero attached hydrogens (tertiary/aromatic N) is 1. The predicted octanol–water partition coefficient (Wildman–Crippen LogP) is 3.12. The first-order valence-electron chi connectivity index (χ1n) is 7.96. The van der Waals surface area contributed by atoms with E-state index in [9.17, 15) is 9.59 Å². The number of aromatic nitrogens is 1. The number of carbonyl (C=O) groups is 2. The largest absolute Gasteiger partial charge is 0.356 e. The Balaban J connectivity index is 1.76. The van der Waals surface area contributed by atoms with Crippen molar-refractivity contribution in [2.24, 2.45) is 5.92 Å². The highest BCUT2D eigenvalue weighted by atomic mass is 16.2. The molecule has 0 atom stereocenters. The molecule has 2 rings (SSSR count). The molecular formula is C18H23N3O2. The lowest BCUT2D eigenvalue weighted by atomic mass is 10.1. The average molecular weight is 313 g/mol. The Kier molecular flexibility index (Phi) is 6.09. The Morgan fingerprint density at radius 1 is 1.13 bits per heavy atom. The summed E-state index contributed by atoms with van der Waals surface area (Å²) in [6.45, 7) is 4.51. The number of fused-ring (bicyclic) bond motifs is 1. The maximum absolute atomic E-state index is 11.9. The van der Waals surface area contributed by atoms with Crippen LogP contribution >= 0.6 is 0 Å². The van der Waals surface area contributed by atoms with Gasteiger partial charge in [0.1, 0.15) is 0 Å². The van der Waals surface area contributed by atoms with E-state index in [4.69, 9.17) is 0 Å². The lowest BCUT2D eigenvalue weighted by Gasteiger charge is -2.08. The summed E-state index contributed by atoms with van der Waals surface area (Å²) in [6, 6.07) is 9.62. The normalized spacial score (nSPS) is 10.7. The summed E-state index contributed by atoms with van der Waals surface area (Å²) in [5.41, 5.74) is 1.56. The molecule has 2 aromatic rings. The summed E-state index contributed by atoms with van der Waals surface area (Å²) in [6.07, 6.45) is 3.26. The number of rotatable bonds is 7. The van der Waals surface area contributed by atoms with Crippen LogP contribution in [0.15, 0.2) is 36.5 Å². The van der Waals surface area contributed by atoms with Gasteiger partial charge in [0.2, 0.25) is 11.8 Å². The first-order valence-corrected chi connectivity index (χ1v) is 7.96. The molecule has 0 radical (unpaired) electrons. The van der Waals surface area contributed by atoms with Crippen LogP contribution in [0.1, 0.15) is 33.1 Å². The minimum atomic E-state index is -0.133. The van der Waals surface area contributed by atoms with Gasteiger partial charge in [-0.15, -0.1) is 0 Å². The molecule has 0 saturated carbocycles. The van der Waals surface area contributed by atoms with Gasteiger partial charge in [0.25, 0.3) is 0 Å². The molecule has 1 aromatic heterocycles. The topological polar surface area (TPSA) is 71.1 Å². The van der Waals surface area contributed by atoms with E-state index in [1.54, 1.807) is 6.20 Å². The SMILES string of the molecule is CC(C)CCC(=O)NCCC(=O)Nc1cnc2ccccc2c1. The first-order chi connectivity index (χ1) is 11.0. The van der Waals surface area contributed by atoms with Gasteiger partial charge in [0, 0.05) is 24.8 Å². The van der Waals surface area contributed by atoms with Gasteiger partial charge in [-0.3, -0.25) is 14.6 Å². The van der Waals surface area contributed by atoms with E-state index in [0.29, 0.717) is 24.6 Å². The van der Waals surface area contributed by atoms with Gasteiger partial charge in [0.05, 0.1) is 17.4 Å². The van der Waals surface area contributed by atoms with Crippen molar-refractivity contribution >= 4 is 28.4 Å². The van der Waals surface area contributed by atoms with Gasteiger partial charge in [-0.05, 0) is 24.5 Å². The van der Waals surface area contributed by atoms with Crippen molar-refractivity contribution in [1.29, 1.82) is 0 Å². The number of hydrogen-bond donors (Lipinski definition) is 2. The molecule has 5 heteroatoms. The van der Waals surface area contributed by atoms with Crippen LogP contribution in [0.3, 0.4) is 0 Å². The first kappa shape index (κ1) is 16.9. The highest BCUT2D eigenvalue weighted by Crippen LogP contribution is 2.16. The Labute approximate surface area is 136 Å². The van der Waals surface area contributed by atoms with Crippen molar-refractivity contribution in [2.45, 2.75) is 33.1 Å². The van der Waals surface area contributed by atoms with E-state index in [2.05, 4.69) is 29.5 Å². The summed E-state index contributed by atoms with van der Waals surface area (Å²) >= 11 is 0. The van der Waals surface area contributed by atoms with Crippen LogP contribution in [-0.2, 0) is 9.59 Å². The molecule has 0 unspecified atom stereocenters. The van der Waals surface area contributed by atoms with Crippen molar-refractivity contribution in [3.05, 3.63) is 36.5 Å². The zero-order valence-corrected chi connectivity index (χ0v) is 13.6. The Morgan fingerprint density at radius 3 is 2.70 bits per heavy atom. The van der Waals surface area contributed by atoms with Gasteiger partial charge in [0.15, 0.2) is 0 Å². The fraction of sp³-hybridized carbons (Fsp3) is 0.389. The minimum absolute atomic E-state index is 0.00104. The number of nitrogens with one attached hydrogen (secondary N) is 2. The van der Waals surface area contributed by atoms with Gasteiger partial charge in [-0.25, -0.2) is 0 Å². The molecular weight excluding hydrogens is 290 g/mol. The molecule has 0 aliphatic heterocycles. The number of benzene rings is 1. The number of carbonyl (C=O) groups excluding carboxylic acids is 2. The molecule has 5 nitrogen and oxygen atoms in total. The third-order valence-corrected chi connectivity index (χ3v) is 3.50. The van der Waals surface area contributed by atoms with Crippen LogP contribution in [0, 0.1) is 5.92 Å². The van der Waals surface area contributed by atoms with Crippen LogP contribution in [0.5, 0.6) is 0 Å². The Bertz CT molecular complexity index is 683. The Morgan fingerprint density at radius 2 is 1.91 bits per heavy atom. The fourth-order valence-corrected chi connectivity index (χ4v) is 2.19. The molecule has 0 aliphatic rings. The van der Waals surface area contributed by atoms with E-state index in [1.807, 2.05) is 30.3 Å². The number of amides is 2. The second-order valence-electron chi connectivity index (χ2n) is 6.00. The van der Waals surface area contributed by atoms with Crippen molar-refractivity contribution in [3.8, 4) is 0 Å². The average Bonchev–Trinajstić information content (AvgIpc) is 2.53. The second kappa shape index (κ2) is 8.27. The van der Waals surface area contributed by atoms with Crippen LogP contribution in [0.25, 0.3) is 10.9 Å². The zero-order valence-electron chi connectivity index (χ0n) is 13.6. The molecule has 0 aliphatic carbocycles. The van der Waals surface area contributed by atoms with Crippen molar-refractivity contribution in [1.82, 2.24) is 10.3 Å². The summed E-state index contributed by atoms with van der Waals surface area (Å²) in [5.74, 6) is 0.370.